The third kappa shape index (κ3) is 2.71. The summed E-state index contributed by atoms with van der Waals surface area (Å²) in [6, 6.07) is 1.30. The van der Waals surface area contributed by atoms with E-state index in [2.05, 4.69) is 11.9 Å². The average molecular weight is 196 g/mol. The summed E-state index contributed by atoms with van der Waals surface area (Å²) in [7, 11) is 2.24. The molecule has 1 unspecified atom stereocenters. The largest absolute Gasteiger partial charge is 0.326 e. The molecule has 2 heteroatoms. The lowest BCUT2D eigenvalue weighted by molar-refractivity contribution is 0.228. The molecule has 0 saturated heterocycles. The maximum absolute atomic E-state index is 6.27. The molecule has 0 bridgehead atoms. The first-order valence-electron chi connectivity index (χ1n) is 6.23. The van der Waals surface area contributed by atoms with Gasteiger partial charge in [-0.15, -0.1) is 0 Å². The molecular weight excluding hydrogens is 172 g/mol. The van der Waals surface area contributed by atoms with Crippen molar-refractivity contribution in [3.63, 3.8) is 0 Å². The van der Waals surface area contributed by atoms with Crippen molar-refractivity contribution < 1.29 is 0 Å². The minimum atomic E-state index is 0.431. The van der Waals surface area contributed by atoms with Crippen molar-refractivity contribution in [3.05, 3.63) is 0 Å². The van der Waals surface area contributed by atoms with Crippen LogP contribution in [0.4, 0.5) is 0 Å². The second-order valence-electron chi connectivity index (χ2n) is 5.23. The first-order valence-corrected chi connectivity index (χ1v) is 6.23. The first-order chi connectivity index (χ1) is 6.77. The van der Waals surface area contributed by atoms with E-state index in [9.17, 15) is 0 Å². The SMILES string of the molecule is CN(CC(N)C1CCCCC1)C1CC1. The van der Waals surface area contributed by atoms with Crippen molar-refractivity contribution >= 4 is 0 Å². The molecule has 2 aliphatic carbocycles. The molecule has 2 aliphatic rings. The smallest absolute Gasteiger partial charge is 0.0196 e. The molecule has 0 aromatic rings. The molecule has 82 valence electrons. The van der Waals surface area contributed by atoms with Gasteiger partial charge in [0.25, 0.3) is 0 Å². The topological polar surface area (TPSA) is 29.3 Å². The molecule has 2 saturated carbocycles. The van der Waals surface area contributed by atoms with Crippen LogP contribution in [-0.2, 0) is 0 Å². The highest BCUT2D eigenvalue weighted by Gasteiger charge is 2.29. The summed E-state index contributed by atoms with van der Waals surface area (Å²) in [5, 5.41) is 0. The Morgan fingerprint density at radius 3 is 2.36 bits per heavy atom. The van der Waals surface area contributed by atoms with E-state index in [1.165, 1.54) is 44.9 Å². The fourth-order valence-electron chi connectivity index (χ4n) is 2.71. The van der Waals surface area contributed by atoms with E-state index in [-0.39, 0.29) is 0 Å². The van der Waals surface area contributed by atoms with Crippen LogP contribution in [0.25, 0.3) is 0 Å². The summed E-state index contributed by atoms with van der Waals surface area (Å²) < 4.78 is 0. The maximum atomic E-state index is 6.27. The van der Waals surface area contributed by atoms with Gasteiger partial charge in [0.05, 0.1) is 0 Å². The van der Waals surface area contributed by atoms with E-state index in [1.807, 2.05) is 0 Å². The number of likely N-dealkylation sites (N-methyl/N-ethyl adjacent to an activating group) is 1. The zero-order valence-electron chi connectivity index (χ0n) is 9.41. The summed E-state index contributed by atoms with van der Waals surface area (Å²) >= 11 is 0. The zero-order valence-corrected chi connectivity index (χ0v) is 9.41. The number of rotatable bonds is 4. The number of nitrogens with zero attached hydrogens (tertiary/aromatic N) is 1. The minimum Gasteiger partial charge on any atom is -0.326 e. The van der Waals surface area contributed by atoms with Crippen molar-refractivity contribution in [3.8, 4) is 0 Å². The Morgan fingerprint density at radius 1 is 1.14 bits per heavy atom. The third-order valence-electron chi connectivity index (χ3n) is 3.92. The van der Waals surface area contributed by atoms with Gasteiger partial charge in [-0.3, -0.25) is 0 Å². The van der Waals surface area contributed by atoms with E-state index in [4.69, 9.17) is 5.73 Å². The second kappa shape index (κ2) is 4.63. The average Bonchev–Trinajstić information content (AvgIpc) is 3.02. The molecule has 0 aromatic heterocycles. The Bertz CT molecular complexity index is 171. The van der Waals surface area contributed by atoms with Crippen molar-refractivity contribution in [2.45, 2.75) is 57.0 Å². The molecule has 0 heterocycles. The van der Waals surface area contributed by atoms with Crippen LogP contribution in [0.3, 0.4) is 0 Å². The Hall–Kier alpha value is -0.0800. The van der Waals surface area contributed by atoms with Gasteiger partial charge in [0, 0.05) is 18.6 Å². The van der Waals surface area contributed by atoms with Crippen LogP contribution in [0, 0.1) is 5.92 Å². The molecule has 0 radical (unpaired) electrons. The number of hydrogen-bond acceptors (Lipinski definition) is 2. The van der Waals surface area contributed by atoms with Crippen LogP contribution >= 0.6 is 0 Å². The molecule has 0 spiro atoms. The van der Waals surface area contributed by atoms with Crippen molar-refractivity contribution in [1.29, 1.82) is 0 Å². The predicted octanol–water partition coefficient (Wildman–Crippen LogP) is 1.99. The van der Waals surface area contributed by atoms with Gasteiger partial charge in [0.15, 0.2) is 0 Å². The van der Waals surface area contributed by atoms with E-state index in [0.717, 1.165) is 18.5 Å². The summed E-state index contributed by atoms with van der Waals surface area (Å²) in [5.74, 6) is 0.810. The van der Waals surface area contributed by atoms with Gasteiger partial charge in [0.1, 0.15) is 0 Å². The van der Waals surface area contributed by atoms with Gasteiger partial charge in [-0.2, -0.15) is 0 Å². The van der Waals surface area contributed by atoms with E-state index in [1.54, 1.807) is 0 Å². The number of hydrogen-bond donors (Lipinski definition) is 1. The van der Waals surface area contributed by atoms with Gasteiger partial charge in [-0.25, -0.2) is 0 Å². The molecule has 14 heavy (non-hydrogen) atoms. The van der Waals surface area contributed by atoms with Crippen molar-refractivity contribution in [1.82, 2.24) is 4.90 Å². The lowest BCUT2D eigenvalue weighted by Gasteiger charge is -2.30. The maximum Gasteiger partial charge on any atom is 0.0196 e. The van der Waals surface area contributed by atoms with Crippen molar-refractivity contribution in [2.75, 3.05) is 13.6 Å². The molecule has 2 rings (SSSR count). The van der Waals surface area contributed by atoms with Crippen molar-refractivity contribution in [2.24, 2.45) is 11.7 Å². The molecule has 0 amide bonds. The van der Waals surface area contributed by atoms with Crippen LogP contribution in [0.15, 0.2) is 0 Å². The highest BCUT2D eigenvalue weighted by molar-refractivity contribution is 4.86. The highest BCUT2D eigenvalue weighted by Crippen LogP contribution is 2.29. The van der Waals surface area contributed by atoms with Crippen LogP contribution < -0.4 is 5.73 Å². The Balaban J connectivity index is 1.72. The van der Waals surface area contributed by atoms with Gasteiger partial charge >= 0.3 is 0 Å². The first kappa shape index (κ1) is 10.4. The molecule has 2 fully saturated rings. The van der Waals surface area contributed by atoms with E-state index >= 15 is 0 Å². The monoisotopic (exact) mass is 196 g/mol. The van der Waals surface area contributed by atoms with Gasteiger partial charge < -0.3 is 10.6 Å². The normalized spacial score (nSPS) is 26.8. The summed E-state index contributed by atoms with van der Waals surface area (Å²) in [6.45, 7) is 1.12. The Labute approximate surface area is 87.8 Å². The lowest BCUT2D eigenvalue weighted by atomic mass is 9.84. The minimum absolute atomic E-state index is 0.431. The molecule has 2 N–H and O–H groups in total. The van der Waals surface area contributed by atoms with Gasteiger partial charge in [0.2, 0.25) is 0 Å². The van der Waals surface area contributed by atoms with Gasteiger partial charge in [-0.1, -0.05) is 19.3 Å². The van der Waals surface area contributed by atoms with Crippen LogP contribution in [0.2, 0.25) is 0 Å². The molecule has 2 nitrogen and oxygen atoms in total. The summed E-state index contributed by atoms with van der Waals surface area (Å²) in [6.07, 6.45) is 9.79. The Kier molecular flexibility index (Phi) is 3.45. The number of nitrogens with two attached hydrogens (primary N) is 1. The molecule has 0 aliphatic heterocycles. The second-order valence-corrected chi connectivity index (χ2v) is 5.23. The summed E-state index contributed by atoms with van der Waals surface area (Å²) in [5.41, 5.74) is 6.27. The fourth-order valence-corrected chi connectivity index (χ4v) is 2.71. The lowest BCUT2D eigenvalue weighted by Crippen LogP contribution is -2.42. The predicted molar refractivity (Wildman–Crippen MR) is 60.2 cm³/mol. The molecule has 0 aromatic carbocycles. The molecule has 1 atom stereocenters. The molecular formula is C12H24N2. The Morgan fingerprint density at radius 2 is 1.79 bits per heavy atom. The summed E-state index contributed by atoms with van der Waals surface area (Å²) in [4.78, 5) is 2.47. The zero-order chi connectivity index (χ0) is 9.97. The van der Waals surface area contributed by atoms with Crippen LogP contribution in [-0.4, -0.2) is 30.6 Å². The van der Waals surface area contributed by atoms with E-state index in [0.29, 0.717) is 6.04 Å². The third-order valence-corrected chi connectivity index (χ3v) is 3.92. The fraction of sp³-hybridized carbons (Fsp3) is 1.00. The van der Waals surface area contributed by atoms with Crippen LogP contribution in [0.1, 0.15) is 44.9 Å². The quantitative estimate of drug-likeness (QED) is 0.745. The highest BCUT2D eigenvalue weighted by atomic mass is 15.2. The van der Waals surface area contributed by atoms with E-state index < -0.39 is 0 Å². The van der Waals surface area contributed by atoms with Gasteiger partial charge in [-0.05, 0) is 38.6 Å². The van der Waals surface area contributed by atoms with Crippen LogP contribution in [0.5, 0.6) is 0 Å². The standard InChI is InChI=1S/C12H24N2/c1-14(11-7-8-11)9-12(13)10-5-3-2-4-6-10/h10-12H,2-9,13H2,1H3.